The van der Waals surface area contributed by atoms with E-state index in [1.807, 2.05) is 0 Å². The maximum absolute atomic E-state index is 12.4. The zero-order valence-electron chi connectivity index (χ0n) is 77.3. The van der Waals surface area contributed by atoms with E-state index in [-0.39, 0.29) is 74.6 Å². The number of aromatic nitrogens is 3. The van der Waals surface area contributed by atoms with Gasteiger partial charge in [0.05, 0.1) is 140 Å². The van der Waals surface area contributed by atoms with Crippen LogP contribution in [0.1, 0.15) is 66.8 Å². The molecule has 0 bridgehead atoms. The lowest BCUT2D eigenvalue weighted by atomic mass is 9.67. The third-order valence-corrected chi connectivity index (χ3v) is 28.0. The second kappa shape index (κ2) is 38.5. The maximum Gasteiger partial charge on any atom is 0.336 e. The van der Waals surface area contributed by atoms with Crippen molar-refractivity contribution in [2.24, 2.45) is 0 Å². The minimum absolute atomic E-state index is 0.121. The number of nitrogens with zero attached hydrogens (tertiary/aromatic N) is 3. The molecule has 14 aromatic carbocycles. The van der Waals surface area contributed by atoms with E-state index in [0.717, 1.165) is 98.6 Å². The molecule has 0 radical (unpaired) electrons. The first kappa shape index (κ1) is 89.0. The van der Waals surface area contributed by atoms with Crippen molar-refractivity contribution in [2.45, 2.75) is 90.8 Å². The molecule has 9 fully saturated rings. The Kier molecular flexibility index (Phi) is 24.5. The molecule has 3 aliphatic carbocycles. The molecule has 1 aromatic heterocycles. The molecule has 9 saturated heterocycles. The van der Waals surface area contributed by atoms with E-state index < -0.39 is 33.3 Å². The summed E-state index contributed by atoms with van der Waals surface area (Å²) >= 11 is 0. The van der Waals surface area contributed by atoms with Gasteiger partial charge in [0.25, 0.3) is 0 Å². The molecule has 9 unspecified atom stereocenters. The van der Waals surface area contributed by atoms with Crippen molar-refractivity contribution in [3.8, 4) is 67.9 Å². The second-order valence-electron chi connectivity index (χ2n) is 37.4. The van der Waals surface area contributed by atoms with Crippen LogP contribution < -0.4 is 45.5 Å². The Labute approximate surface area is 809 Å². The summed E-state index contributed by atoms with van der Waals surface area (Å²) in [6, 6.07) is 113. The second-order valence-corrected chi connectivity index (χ2v) is 37.4. The van der Waals surface area contributed by atoms with Crippen LogP contribution in [0.4, 0.5) is 0 Å². The van der Waals surface area contributed by atoms with Gasteiger partial charge in [-0.3, -0.25) is 0 Å². The SMILES string of the molecule is O=c1n(CC2CO2)c(=O)n(CC2CO2)c(=O)n1CC1CO1.c1ccc2c(c1)-c1ccccc1C2(c1ccc(OCC2CO2)cc1)c1ccc(OCC2CO2)cc1.c1ccc2c(c1)-c1ccccc1C2(c1ccc(OCCOCC2CO2)cc1)c1ccc(OCCOCC2CO2)cc1.c1ccc2c(c1)-c1ccccc1C2(c1ccc2cc(OCC3CO3)ccc2c1)c1ccc2cc(OCC3CO3)ccc2c1. The Morgan fingerprint density at radius 2 is 0.421 bits per heavy atom. The number of epoxide rings is 9. The monoisotopic (exact) mass is 1870 g/mol. The minimum atomic E-state index is -0.594. The highest BCUT2D eigenvalue weighted by atomic mass is 16.6. The highest BCUT2D eigenvalue weighted by Gasteiger charge is 2.50. The molecule has 9 aliphatic heterocycles. The fourth-order valence-corrected chi connectivity index (χ4v) is 20.3. The third-order valence-electron chi connectivity index (χ3n) is 28.0. The van der Waals surface area contributed by atoms with Crippen LogP contribution in [0.5, 0.6) is 34.5 Å². The standard InChI is InChI=1S/C39H30O4.C35H34O6.C31H26O4.C12H15N3O6/c1-3-7-37-35(5-1)36-6-2-4-8-38(36)39(37,29-13-9-27-19-31(15-11-25(27)17-29)40-21-33-23-42-33)30-14-10-28-20-32(16-12-26(28)18-30)41-22-34-24-43-34;1-3-7-33-31(5-1)32-6-2-4-8-34(32)35(33,25-9-13-27(14-10-25)38-19-17-36-21-29-23-40-29)26-11-15-28(16-12-26)39-20-18-37-22-30-24-41-30;1-3-7-29-27(5-1)28-6-2-4-8-30(28)31(29,21-9-13-23(14-10-21)32-17-25-19-34-25)22-11-15-24(16-12-22)33-18-26-20-35-26;16-10-13(1-7-4-19-7)11(17)15(3-9-6-21-9)12(18)14(10)2-8-5-20-8/h1-20,33-34H,21-24H2;1-16,29-30H,17-24H2;1-16,25-26H,17-20H2;7-9H,1-6H2. The molecule has 15 aromatic rings. The van der Waals surface area contributed by atoms with Gasteiger partial charge in [0, 0.05) is 0 Å². The van der Waals surface area contributed by atoms with Gasteiger partial charge in [-0.2, -0.15) is 0 Å². The minimum Gasteiger partial charge on any atom is -0.491 e. The van der Waals surface area contributed by atoms with Crippen LogP contribution in [0.25, 0.3) is 54.9 Å². The Morgan fingerprint density at radius 3 is 0.686 bits per heavy atom. The van der Waals surface area contributed by atoms with Crippen molar-refractivity contribution in [2.75, 3.05) is 126 Å². The summed E-state index contributed by atoms with van der Waals surface area (Å²) in [5.74, 6) is 5.15. The zero-order valence-corrected chi connectivity index (χ0v) is 77.3. The van der Waals surface area contributed by atoms with Gasteiger partial charge in [-0.05, 0) is 207 Å². The van der Waals surface area contributed by atoms with Gasteiger partial charge >= 0.3 is 17.1 Å². The first-order chi connectivity index (χ1) is 69.0. The van der Waals surface area contributed by atoms with E-state index in [9.17, 15) is 14.4 Å². The van der Waals surface area contributed by atoms with Crippen molar-refractivity contribution in [1.82, 2.24) is 13.7 Å². The third kappa shape index (κ3) is 18.6. The largest absolute Gasteiger partial charge is 0.491 e. The van der Waals surface area contributed by atoms with Crippen molar-refractivity contribution < 1.29 is 80.5 Å². The van der Waals surface area contributed by atoms with E-state index >= 15 is 0 Å². The van der Waals surface area contributed by atoms with Crippen LogP contribution in [0.15, 0.2) is 330 Å². The molecule has 140 heavy (non-hydrogen) atoms. The Bertz CT molecular complexity index is 6750. The first-order valence-corrected chi connectivity index (χ1v) is 48.5. The normalized spacial score (nSPS) is 21.1. The lowest BCUT2D eigenvalue weighted by molar-refractivity contribution is 0.0878. The van der Waals surface area contributed by atoms with Gasteiger partial charge < -0.3 is 80.5 Å². The lowest BCUT2D eigenvalue weighted by Crippen LogP contribution is -2.55. The summed E-state index contributed by atoms with van der Waals surface area (Å²) in [4.78, 5) is 37.1. The van der Waals surface area contributed by atoms with Crippen LogP contribution >= 0.6 is 0 Å². The quantitative estimate of drug-likeness (QED) is 0.0261. The molecule has 10 heterocycles. The van der Waals surface area contributed by atoms with Crippen LogP contribution in [0, 0.1) is 0 Å². The molecule has 9 atom stereocenters. The van der Waals surface area contributed by atoms with Gasteiger partial charge in [-0.1, -0.05) is 231 Å². The van der Waals surface area contributed by atoms with E-state index in [1.165, 1.54) is 111 Å². The van der Waals surface area contributed by atoms with Gasteiger partial charge in [0.1, 0.15) is 111 Å². The van der Waals surface area contributed by atoms with Crippen LogP contribution in [-0.2, 0) is 88.0 Å². The van der Waals surface area contributed by atoms with E-state index in [2.05, 4.69) is 315 Å². The molecule has 27 rings (SSSR count). The summed E-state index contributed by atoms with van der Waals surface area (Å²) in [5, 5.41) is 4.71. The van der Waals surface area contributed by atoms with Gasteiger partial charge in [-0.15, -0.1) is 0 Å². The molecular formula is C117H105N3O20. The van der Waals surface area contributed by atoms with E-state index in [4.69, 9.17) is 80.5 Å². The predicted molar refractivity (Wildman–Crippen MR) is 528 cm³/mol. The molecule has 23 nitrogen and oxygen atoms in total. The lowest BCUT2D eigenvalue weighted by Gasteiger charge is -2.34. The summed E-state index contributed by atoms with van der Waals surface area (Å²) in [6.07, 6.45) is 1.12. The molecule has 12 aliphatic rings. The first-order valence-electron chi connectivity index (χ1n) is 48.5. The smallest absolute Gasteiger partial charge is 0.336 e. The van der Waals surface area contributed by atoms with Crippen LogP contribution in [0.3, 0.4) is 0 Å². The van der Waals surface area contributed by atoms with Gasteiger partial charge in [0.15, 0.2) is 0 Å². The van der Waals surface area contributed by atoms with Crippen LogP contribution in [0.2, 0.25) is 0 Å². The molecule has 0 saturated carbocycles. The molecule has 0 spiro atoms. The zero-order chi connectivity index (χ0) is 93.7. The Morgan fingerprint density at radius 1 is 0.214 bits per heavy atom. The molecule has 23 heteroatoms. The fraction of sp³-hybridized carbons (Fsp3) is 0.291. The Hall–Kier alpha value is -13.6. The molecular weight excluding hydrogens is 1770 g/mol. The summed E-state index contributed by atoms with van der Waals surface area (Å²) in [6.45, 7) is 12.7. The topological polar surface area (TPSA) is 253 Å². The predicted octanol–water partition coefficient (Wildman–Crippen LogP) is 16.5. The van der Waals surface area contributed by atoms with Crippen molar-refractivity contribution in [3.63, 3.8) is 0 Å². The summed E-state index contributed by atoms with van der Waals surface area (Å²) < 4.78 is 97.1. The maximum atomic E-state index is 12.4. The molecule has 708 valence electrons. The van der Waals surface area contributed by atoms with Gasteiger partial charge in [0.2, 0.25) is 0 Å². The highest BCUT2D eigenvalue weighted by Crippen LogP contribution is 2.60. The average molecular weight is 1870 g/mol. The number of rotatable bonds is 36. The van der Waals surface area contributed by atoms with Crippen molar-refractivity contribution in [3.05, 3.63) is 414 Å². The summed E-state index contributed by atoms with van der Waals surface area (Å²) in [7, 11) is 0. The number of hydrogen-bond donors (Lipinski definition) is 0. The Balaban J connectivity index is 0.000000104. The fourth-order valence-electron chi connectivity index (χ4n) is 20.3. The van der Waals surface area contributed by atoms with Crippen molar-refractivity contribution in [1.29, 1.82) is 0 Å². The summed E-state index contributed by atoms with van der Waals surface area (Å²) in [5.41, 5.74) is 19.6. The highest BCUT2D eigenvalue weighted by molar-refractivity contribution is 5.93. The number of fused-ring (bicyclic) bond motifs is 11. The van der Waals surface area contributed by atoms with E-state index in [1.54, 1.807) is 0 Å². The molecule has 0 amide bonds. The number of ether oxygens (including phenoxy) is 17. The van der Waals surface area contributed by atoms with E-state index in [0.29, 0.717) is 85.9 Å². The number of hydrogen-bond acceptors (Lipinski definition) is 20. The van der Waals surface area contributed by atoms with Crippen LogP contribution in [-0.4, -0.2) is 194 Å². The van der Waals surface area contributed by atoms with Crippen molar-refractivity contribution >= 4 is 21.5 Å². The van der Waals surface area contributed by atoms with Gasteiger partial charge in [-0.25, -0.2) is 28.1 Å². The number of benzene rings is 14. The average Bonchev–Trinajstić information content (AvgIpc) is 1.55. The molecule has 0 N–H and O–H groups in total.